The smallest absolute Gasteiger partial charge is 0.229 e. The van der Waals surface area contributed by atoms with Crippen molar-refractivity contribution in [3.63, 3.8) is 0 Å². The van der Waals surface area contributed by atoms with E-state index in [1.165, 1.54) is 44.2 Å². The van der Waals surface area contributed by atoms with Crippen molar-refractivity contribution in [3.8, 4) is 11.3 Å². The third kappa shape index (κ3) is 6.45. The summed E-state index contributed by atoms with van der Waals surface area (Å²) >= 11 is 0. The molecule has 1 aliphatic rings. The highest BCUT2D eigenvalue weighted by molar-refractivity contribution is 5.92. The number of carbonyl (C=O) groups is 1. The van der Waals surface area contributed by atoms with E-state index in [2.05, 4.69) is 10.3 Å². The molecule has 3 aromatic rings. The largest absolute Gasteiger partial charge is 0.392 e. The topological polar surface area (TPSA) is 75.1 Å². The van der Waals surface area contributed by atoms with E-state index in [9.17, 15) is 14.3 Å². The first kappa shape index (κ1) is 23.1. The fraction of sp³-hybridized carbons (Fsp3) is 0.370. The average Bonchev–Trinajstić information content (AvgIpc) is 2.85. The minimum atomic E-state index is -0.322. The van der Waals surface area contributed by atoms with E-state index in [0.717, 1.165) is 40.9 Å². The lowest BCUT2D eigenvalue weighted by Gasteiger charge is -2.21. The first-order valence-electron chi connectivity index (χ1n) is 11.7. The number of aliphatic hydroxyl groups is 1. The molecule has 2 aromatic carbocycles. The SMILES string of the molecule is O=C(Cc1ccc(F)cc1)Nc1ncc(-c2ccc(CO)cc2)nc1CCC1CCCCC1. The molecule has 1 saturated carbocycles. The lowest BCUT2D eigenvalue weighted by Crippen LogP contribution is -2.18. The number of aliphatic hydroxyl groups excluding tert-OH is 1. The molecule has 0 spiro atoms. The molecule has 1 aromatic heterocycles. The maximum absolute atomic E-state index is 13.2. The maximum Gasteiger partial charge on any atom is 0.229 e. The van der Waals surface area contributed by atoms with Crippen molar-refractivity contribution in [2.45, 2.75) is 58.0 Å². The van der Waals surface area contributed by atoms with E-state index in [0.29, 0.717) is 11.7 Å². The van der Waals surface area contributed by atoms with Crippen LogP contribution in [-0.2, 0) is 24.2 Å². The number of hydrogen-bond donors (Lipinski definition) is 2. The first-order valence-corrected chi connectivity index (χ1v) is 11.7. The molecule has 0 unspecified atom stereocenters. The van der Waals surface area contributed by atoms with Crippen LogP contribution in [0.5, 0.6) is 0 Å². The predicted molar refractivity (Wildman–Crippen MR) is 127 cm³/mol. The zero-order valence-corrected chi connectivity index (χ0v) is 18.8. The highest BCUT2D eigenvalue weighted by Gasteiger charge is 2.17. The van der Waals surface area contributed by atoms with E-state index < -0.39 is 0 Å². The molecule has 0 aliphatic heterocycles. The molecule has 1 amide bonds. The molecule has 2 N–H and O–H groups in total. The van der Waals surface area contributed by atoms with Crippen LogP contribution in [0, 0.1) is 11.7 Å². The fourth-order valence-corrected chi connectivity index (χ4v) is 4.41. The lowest BCUT2D eigenvalue weighted by atomic mass is 9.86. The van der Waals surface area contributed by atoms with Gasteiger partial charge in [0.15, 0.2) is 5.82 Å². The van der Waals surface area contributed by atoms with Gasteiger partial charge in [-0.25, -0.2) is 14.4 Å². The molecular formula is C27H30FN3O2. The van der Waals surface area contributed by atoms with Crippen LogP contribution in [0.25, 0.3) is 11.3 Å². The third-order valence-electron chi connectivity index (χ3n) is 6.33. The Balaban J connectivity index is 1.52. The van der Waals surface area contributed by atoms with Crippen LogP contribution >= 0.6 is 0 Å². The number of benzene rings is 2. The standard InChI is InChI=1S/C27H30FN3O2/c28-23-13-8-20(9-14-23)16-26(33)31-27-24(15-10-19-4-2-1-3-5-19)30-25(17-29-27)22-11-6-21(18-32)7-12-22/h6-9,11-14,17,19,32H,1-5,10,15-16,18H2,(H,29,31,33). The molecular weight excluding hydrogens is 417 g/mol. The molecule has 4 rings (SSSR count). The summed E-state index contributed by atoms with van der Waals surface area (Å²) in [6.45, 7) is -0.00236. The summed E-state index contributed by atoms with van der Waals surface area (Å²) in [6, 6.07) is 13.5. The molecule has 0 atom stereocenters. The van der Waals surface area contributed by atoms with Gasteiger partial charge in [0.1, 0.15) is 5.82 Å². The Morgan fingerprint density at radius 1 is 1.00 bits per heavy atom. The molecule has 33 heavy (non-hydrogen) atoms. The molecule has 1 aliphatic carbocycles. The second-order valence-electron chi connectivity index (χ2n) is 8.80. The molecule has 0 bridgehead atoms. The lowest BCUT2D eigenvalue weighted by molar-refractivity contribution is -0.115. The second-order valence-corrected chi connectivity index (χ2v) is 8.80. The first-order chi connectivity index (χ1) is 16.1. The van der Waals surface area contributed by atoms with Crippen molar-refractivity contribution in [3.05, 3.63) is 77.4 Å². The van der Waals surface area contributed by atoms with Gasteiger partial charge in [0.05, 0.1) is 30.6 Å². The van der Waals surface area contributed by atoms with Crippen molar-refractivity contribution in [2.24, 2.45) is 5.92 Å². The zero-order chi connectivity index (χ0) is 23.0. The Morgan fingerprint density at radius 2 is 1.70 bits per heavy atom. The monoisotopic (exact) mass is 447 g/mol. The highest BCUT2D eigenvalue weighted by atomic mass is 19.1. The Morgan fingerprint density at radius 3 is 2.39 bits per heavy atom. The van der Waals surface area contributed by atoms with Crippen molar-refractivity contribution in [1.82, 2.24) is 9.97 Å². The van der Waals surface area contributed by atoms with Gasteiger partial charge < -0.3 is 10.4 Å². The van der Waals surface area contributed by atoms with Crippen LogP contribution in [-0.4, -0.2) is 21.0 Å². The number of rotatable bonds is 8. The Bertz CT molecular complexity index is 1060. The fourth-order valence-electron chi connectivity index (χ4n) is 4.41. The number of nitrogens with one attached hydrogen (secondary N) is 1. The highest BCUT2D eigenvalue weighted by Crippen LogP contribution is 2.29. The molecule has 0 saturated heterocycles. The predicted octanol–water partition coefficient (Wildman–Crippen LogP) is 5.47. The molecule has 1 fully saturated rings. The molecule has 1 heterocycles. The van der Waals surface area contributed by atoms with Crippen LogP contribution in [0.4, 0.5) is 10.2 Å². The average molecular weight is 448 g/mol. The number of halogens is 1. The van der Waals surface area contributed by atoms with E-state index in [1.54, 1.807) is 18.3 Å². The van der Waals surface area contributed by atoms with Crippen LogP contribution in [0.15, 0.2) is 54.7 Å². The van der Waals surface area contributed by atoms with Gasteiger partial charge >= 0.3 is 0 Å². The number of hydrogen-bond acceptors (Lipinski definition) is 4. The summed E-state index contributed by atoms with van der Waals surface area (Å²) in [4.78, 5) is 22.1. The molecule has 0 radical (unpaired) electrons. The quantitative estimate of drug-likeness (QED) is 0.480. The summed E-state index contributed by atoms with van der Waals surface area (Å²) in [5.41, 5.74) is 4.04. The second kappa shape index (κ2) is 11.1. The van der Waals surface area contributed by atoms with Crippen molar-refractivity contribution in [1.29, 1.82) is 0 Å². The summed E-state index contributed by atoms with van der Waals surface area (Å²) in [5, 5.41) is 12.2. The summed E-state index contributed by atoms with van der Waals surface area (Å²) in [6.07, 6.45) is 10.0. The number of aromatic nitrogens is 2. The number of anilines is 1. The molecule has 5 nitrogen and oxygen atoms in total. The molecule has 6 heteroatoms. The Kier molecular flexibility index (Phi) is 7.79. The number of carbonyl (C=O) groups excluding carboxylic acids is 1. The van der Waals surface area contributed by atoms with Gasteiger partial charge in [0.2, 0.25) is 5.91 Å². The van der Waals surface area contributed by atoms with Gasteiger partial charge in [0, 0.05) is 5.56 Å². The minimum Gasteiger partial charge on any atom is -0.392 e. The number of amides is 1. The van der Waals surface area contributed by atoms with Crippen LogP contribution < -0.4 is 5.32 Å². The van der Waals surface area contributed by atoms with Gasteiger partial charge in [-0.2, -0.15) is 0 Å². The normalized spacial score (nSPS) is 14.2. The maximum atomic E-state index is 13.2. The van der Waals surface area contributed by atoms with Crippen molar-refractivity contribution < 1.29 is 14.3 Å². The van der Waals surface area contributed by atoms with Crippen molar-refractivity contribution >= 4 is 11.7 Å². The van der Waals surface area contributed by atoms with E-state index in [1.807, 2.05) is 24.3 Å². The minimum absolute atomic E-state index is 0.00236. The Hall–Kier alpha value is -3.12. The summed E-state index contributed by atoms with van der Waals surface area (Å²) in [7, 11) is 0. The third-order valence-corrected chi connectivity index (χ3v) is 6.33. The van der Waals surface area contributed by atoms with Gasteiger partial charge in [-0.15, -0.1) is 0 Å². The van der Waals surface area contributed by atoms with E-state index >= 15 is 0 Å². The summed E-state index contributed by atoms with van der Waals surface area (Å²) in [5.74, 6) is 0.664. The zero-order valence-electron chi connectivity index (χ0n) is 18.8. The van der Waals surface area contributed by atoms with Gasteiger partial charge in [-0.3, -0.25) is 4.79 Å². The van der Waals surface area contributed by atoms with Crippen molar-refractivity contribution in [2.75, 3.05) is 5.32 Å². The van der Waals surface area contributed by atoms with E-state index in [4.69, 9.17) is 4.98 Å². The van der Waals surface area contributed by atoms with Crippen LogP contribution in [0.3, 0.4) is 0 Å². The van der Waals surface area contributed by atoms with E-state index in [-0.39, 0.29) is 24.8 Å². The summed E-state index contributed by atoms with van der Waals surface area (Å²) < 4.78 is 13.2. The van der Waals surface area contributed by atoms with Gasteiger partial charge in [-0.1, -0.05) is 68.5 Å². The number of aryl methyl sites for hydroxylation is 1. The Labute approximate surface area is 194 Å². The molecule has 172 valence electrons. The van der Waals surface area contributed by atoms with Gasteiger partial charge in [-0.05, 0) is 42.0 Å². The van der Waals surface area contributed by atoms with Gasteiger partial charge in [0.25, 0.3) is 0 Å². The number of nitrogens with zero attached hydrogens (tertiary/aromatic N) is 2. The van der Waals surface area contributed by atoms with Crippen LogP contribution in [0.2, 0.25) is 0 Å². The van der Waals surface area contributed by atoms with Crippen LogP contribution in [0.1, 0.15) is 55.3 Å².